The number of nitrogens with two attached hydrogens (primary N) is 1. The topological polar surface area (TPSA) is 63.9 Å². The van der Waals surface area contributed by atoms with Crippen molar-refractivity contribution in [3.05, 3.63) is 35.5 Å². The monoisotopic (exact) mass is 285 g/mol. The van der Waals surface area contributed by atoms with E-state index in [0.717, 1.165) is 36.3 Å². The number of nitrogens with one attached hydrogen (secondary N) is 1. The lowest BCUT2D eigenvalue weighted by Gasteiger charge is -2.22. The number of ether oxygens (including phenoxy) is 1. The summed E-state index contributed by atoms with van der Waals surface area (Å²) in [5, 5.41) is 7.30. The maximum absolute atomic E-state index is 6.06. The highest BCUT2D eigenvalue weighted by Crippen LogP contribution is 2.30. The highest BCUT2D eigenvalue weighted by Gasteiger charge is 2.17. The third-order valence-corrected chi connectivity index (χ3v) is 4.17. The second-order valence-corrected chi connectivity index (χ2v) is 5.86. The molecule has 2 aromatic rings. The maximum atomic E-state index is 6.06. The molecule has 1 fully saturated rings. The molecular weight excluding hydrogens is 262 g/mol. The predicted octanol–water partition coefficient (Wildman–Crippen LogP) is 3.47. The minimum absolute atomic E-state index is 0.383. The van der Waals surface area contributed by atoms with Crippen LogP contribution in [0.5, 0.6) is 0 Å². The van der Waals surface area contributed by atoms with Gasteiger partial charge < -0.3 is 10.5 Å². The Morgan fingerprint density at radius 2 is 2.29 bits per heavy atom. The highest BCUT2D eigenvalue weighted by molar-refractivity contribution is 5.76. The standard InChI is InChI=1S/C17H23N3O/c1-12-5-4-6-13(11-12)16-15(19-20-17(16)18)9-8-14-7-2-3-10-21-14/h4-6,11,14H,2-3,7-10H2,1H3,(H3,18,19,20). The average molecular weight is 285 g/mol. The molecule has 4 heteroatoms. The molecular formula is C17H23N3O. The van der Waals surface area contributed by atoms with Gasteiger partial charge in [0.25, 0.3) is 0 Å². The number of anilines is 1. The minimum Gasteiger partial charge on any atom is -0.382 e. The van der Waals surface area contributed by atoms with E-state index in [-0.39, 0.29) is 0 Å². The van der Waals surface area contributed by atoms with Crippen molar-refractivity contribution < 1.29 is 4.74 Å². The van der Waals surface area contributed by atoms with E-state index in [1.165, 1.54) is 24.8 Å². The fourth-order valence-corrected chi connectivity index (χ4v) is 3.04. The number of nitrogen functional groups attached to an aromatic ring is 1. The molecule has 1 unspecified atom stereocenters. The molecule has 3 rings (SSSR count). The Bertz CT molecular complexity index is 600. The van der Waals surface area contributed by atoms with Gasteiger partial charge in [0.15, 0.2) is 5.82 Å². The highest BCUT2D eigenvalue weighted by atomic mass is 16.5. The summed E-state index contributed by atoms with van der Waals surface area (Å²) >= 11 is 0. The van der Waals surface area contributed by atoms with E-state index < -0.39 is 0 Å². The molecule has 4 nitrogen and oxygen atoms in total. The van der Waals surface area contributed by atoms with Crippen molar-refractivity contribution >= 4 is 5.82 Å². The number of hydrogen-bond acceptors (Lipinski definition) is 3. The summed E-state index contributed by atoms with van der Waals surface area (Å²) in [4.78, 5) is 0. The van der Waals surface area contributed by atoms with Crippen molar-refractivity contribution in [3.8, 4) is 11.1 Å². The lowest BCUT2D eigenvalue weighted by Crippen LogP contribution is -2.19. The zero-order valence-corrected chi connectivity index (χ0v) is 12.6. The summed E-state index contributed by atoms with van der Waals surface area (Å²) in [6.07, 6.45) is 5.98. The molecule has 0 spiro atoms. The van der Waals surface area contributed by atoms with Crippen molar-refractivity contribution in [3.63, 3.8) is 0 Å². The van der Waals surface area contributed by atoms with Gasteiger partial charge in [0.05, 0.1) is 6.10 Å². The van der Waals surface area contributed by atoms with Gasteiger partial charge >= 0.3 is 0 Å². The van der Waals surface area contributed by atoms with Crippen LogP contribution in [0.4, 0.5) is 5.82 Å². The number of hydrogen-bond donors (Lipinski definition) is 2. The van der Waals surface area contributed by atoms with Gasteiger partial charge in [-0.1, -0.05) is 29.8 Å². The largest absolute Gasteiger partial charge is 0.382 e. The van der Waals surface area contributed by atoms with Crippen molar-refractivity contribution in [1.29, 1.82) is 0 Å². The first-order valence-electron chi connectivity index (χ1n) is 7.75. The Labute approximate surface area is 125 Å². The second kappa shape index (κ2) is 6.31. The van der Waals surface area contributed by atoms with E-state index in [0.29, 0.717) is 11.9 Å². The number of nitrogens with zero attached hydrogens (tertiary/aromatic N) is 1. The third-order valence-electron chi connectivity index (χ3n) is 4.17. The molecule has 1 saturated heterocycles. The molecule has 0 radical (unpaired) electrons. The Morgan fingerprint density at radius 3 is 3.05 bits per heavy atom. The van der Waals surface area contributed by atoms with Crippen LogP contribution >= 0.6 is 0 Å². The van der Waals surface area contributed by atoms with Crippen molar-refractivity contribution in [2.24, 2.45) is 0 Å². The zero-order valence-electron chi connectivity index (χ0n) is 12.6. The lowest BCUT2D eigenvalue weighted by atomic mass is 9.98. The predicted molar refractivity (Wildman–Crippen MR) is 85.1 cm³/mol. The summed E-state index contributed by atoms with van der Waals surface area (Å²) < 4.78 is 5.81. The van der Waals surface area contributed by atoms with Crippen LogP contribution in [0.2, 0.25) is 0 Å². The Balaban J connectivity index is 1.77. The maximum Gasteiger partial charge on any atom is 0.153 e. The van der Waals surface area contributed by atoms with Crippen LogP contribution in [0.15, 0.2) is 24.3 Å². The van der Waals surface area contributed by atoms with E-state index in [2.05, 4.69) is 41.4 Å². The molecule has 21 heavy (non-hydrogen) atoms. The number of aryl methyl sites for hydroxylation is 2. The SMILES string of the molecule is Cc1cccc(-c2c(N)n[nH]c2CCC2CCCCO2)c1. The molecule has 0 bridgehead atoms. The van der Waals surface area contributed by atoms with Crippen LogP contribution in [-0.4, -0.2) is 22.9 Å². The van der Waals surface area contributed by atoms with Crippen LogP contribution in [0, 0.1) is 6.92 Å². The van der Waals surface area contributed by atoms with Crippen molar-refractivity contribution in [2.75, 3.05) is 12.3 Å². The normalized spacial score (nSPS) is 18.8. The molecule has 0 aliphatic carbocycles. The first-order chi connectivity index (χ1) is 10.2. The van der Waals surface area contributed by atoms with Crippen molar-refractivity contribution in [2.45, 2.75) is 45.1 Å². The van der Waals surface area contributed by atoms with E-state index >= 15 is 0 Å². The summed E-state index contributed by atoms with van der Waals surface area (Å²) in [6, 6.07) is 8.40. The van der Waals surface area contributed by atoms with Gasteiger partial charge in [0, 0.05) is 17.9 Å². The number of benzene rings is 1. The van der Waals surface area contributed by atoms with Crippen LogP contribution in [-0.2, 0) is 11.2 Å². The molecule has 1 atom stereocenters. The third kappa shape index (κ3) is 3.27. The van der Waals surface area contributed by atoms with Gasteiger partial charge in [-0.3, -0.25) is 5.10 Å². The number of aromatic nitrogens is 2. The van der Waals surface area contributed by atoms with Crippen molar-refractivity contribution in [1.82, 2.24) is 10.2 Å². The number of rotatable bonds is 4. The van der Waals surface area contributed by atoms with Crippen LogP contribution in [0.25, 0.3) is 11.1 Å². The van der Waals surface area contributed by atoms with Gasteiger partial charge in [-0.25, -0.2) is 0 Å². The smallest absolute Gasteiger partial charge is 0.153 e. The van der Waals surface area contributed by atoms with E-state index in [9.17, 15) is 0 Å². The summed E-state index contributed by atoms with van der Waals surface area (Å²) in [7, 11) is 0. The minimum atomic E-state index is 0.383. The molecule has 0 saturated carbocycles. The molecule has 2 heterocycles. The summed E-state index contributed by atoms with van der Waals surface area (Å²) in [5.41, 5.74) is 10.6. The molecule has 3 N–H and O–H groups in total. The number of aromatic amines is 1. The fraction of sp³-hybridized carbons (Fsp3) is 0.471. The quantitative estimate of drug-likeness (QED) is 0.904. The molecule has 112 valence electrons. The first kappa shape index (κ1) is 14.1. The van der Waals surface area contributed by atoms with Gasteiger partial charge in [0.1, 0.15) is 0 Å². The van der Waals surface area contributed by atoms with E-state index in [1.54, 1.807) is 0 Å². The summed E-state index contributed by atoms with van der Waals surface area (Å²) in [6.45, 7) is 3.00. The molecule has 0 amide bonds. The fourth-order valence-electron chi connectivity index (χ4n) is 3.04. The Kier molecular flexibility index (Phi) is 4.25. The van der Waals surface area contributed by atoms with E-state index in [1.807, 2.05) is 0 Å². The lowest BCUT2D eigenvalue weighted by molar-refractivity contribution is 0.0114. The van der Waals surface area contributed by atoms with Crippen LogP contribution < -0.4 is 5.73 Å². The Morgan fingerprint density at radius 1 is 1.38 bits per heavy atom. The molecule has 1 aliphatic rings. The second-order valence-electron chi connectivity index (χ2n) is 5.86. The van der Waals surface area contributed by atoms with Gasteiger partial charge in [0.2, 0.25) is 0 Å². The van der Waals surface area contributed by atoms with Gasteiger partial charge in [-0.2, -0.15) is 5.10 Å². The summed E-state index contributed by atoms with van der Waals surface area (Å²) in [5.74, 6) is 0.583. The molecule has 1 aliphatic heterocycles. The Hall–Kier alpha value is -1.81. The van der Waals surface area contributed by atoms with Gasteiger partial charge in [-0.05, 0) is 44.6 Å². The average Bonchev–Trinajstić information content (AvgIpc) is 2.87. The zero-order chi connectivity index (χ0) is 14.7. The van der Waals surface area contributed by atoms with Crippen LogP contribution in [0.3, 0.4) is 0 Å². The first-order valence-corrected chi connectivity index (χ1v) is 7.75. The van der Waals surface area contributed by atoms with E-state index in [4.69, 9.17) is 10.5 Å². The molecule has 1 aromatic heterocycles. The number of H-pyrrole nitrogens is 1. The van der Waals surface area contributed by atoms with Crippen LogP contribution in [0.1, 0.15) is 36.9 Å². The van der Waals surface area contributed by atoms with Gasteiger partial charge in [-0.15, -0.1) is 0 Å². The molecule has 1 aromatic carbocycles.